The molecule has 0 spiro atoms. The quantitative estimate of drug-likeness (QED) is 0.726. The topological polar surface area (TPSA) is 38.8 Å². The van der Waals surface area contributed by atoms with Crippen molar-refractivity contribution in [1.29, 1.82) is 0 Å². The average molecular weight is 357 g/mol. The molecule has 4 nitrogen and oxygen atoms in total. The van der Waals surface area contributed by atoms with Crippen LogP contribution in [0.4, 0.5) is 23.2 Å². The lowest BCUT2D eigenvalue weighted by Gasteiger charge is -2.22. The predicted molar refractivity (Wildman–Crippen MR) is 83.3 cm³/mol. The van der Waals surface area contributed by atoms with Crippen LogP contribution in [0.3, 0.4) is 0 Å². The Morgan fingerprint density at radius 3 is 2.36 bits per heavy atom. The predicted octanol–water partition coefficient (Wildman–Crippen LogP) is 4.24. The summed E-state index contributed by atoms with van der Waals surface area (Å²) >= 11 is 0. The highest BCUT2D eigenvalue weighted by molar-refractivity contribution is 6.06. The van der Waals surface area contributed by atoms with Gasteiger partial charge in [-0.1, -0.05) is 0 Å². The van der Waals surface area contributed by atoms with Crippen LogP contribution in [0.2, 0.25) is 0 Å². The zero-order chi connectivity index (χ0) is 18.6. The summed E-state index contributed by atoms with van der Waals surface area (Å²) in [5.41, 5.74) is 0.281. The SMILES string of the molecule is CCN(C(=O)c1ccc(OC(F)F)c(OC)c1)c1ccc(F)c(F)c1. The summed E-state index contributed by atoms with van der Waals surface area (Å²) in [6.07, 6.45) is 0. The van der Waals surface area contributed by atoms with Crippen molar-refractivity contribution in [2.45, 2.75) is 13.5 Å². The molecule has 0 unspecified atom stereocenters. The number of alkyl halides is 2. The molecule has 0 aliphatic heterocycles. The number of ether oxygens (including phenoxy) is 2. The molecule has 25 heavy (non-hydrogen) atoms. The summed E-state index contributed by atoms with van der Waals surface area (Å²) in [6, 6.07) is 6.79. The number of halogens is 4. The van der Waals surface area contributed by atoms with Gasteiger partial charge in [0.25, 0.3) is 5.91 Å². The molecular formula is C17H15F4NO3. The van der Waals surface area contributed by atoms with Gasteiger partial charge in [-0.05, 0) is 37.3 Å². The maximum Gasteiger partial charge on any atom is 0.387 e. The lowest BCUT2D eigenvalue weighted by Crippen LogP contribution is -2.30. The second-order valence-electron chi connectivity index (χ2n) is 4.89. The van der Waals surface area contributed by atoms with Crippen molar-refractivity contribution < 1.29 is 31.8 Å². The molecule has 2 aromatic rings. The van der Waals surface area contributed by atoms with Crippen LogP contribution >= 0.6 is 0 Å². The van der Waals surface area contributed by atoms with E-state index in [1.165, 1.54) is 36.3 Å². The second kappa shape index (κ2) is 7.87. The normalized spacial score (nSPS) is 10.7. The first-order valence-electron chi connectivity index (χ1n) is 7.27. The summed E-state index contributed by atoms with van der Waals surface area (Å²) in [7, 11) is 1.24. The molecule has 0 saturated carbocycles. The Morgan fingerprint density at radius 2 is 1.80 bits per heavy atom. The molecule has 2 rings (SSSR count). The van der Waals surface area contributed by atoms with Crippen molar-refractivity contribution in [1.82, 2.24) is 0 Å². The smallest absolute Gasteiger partial charge is 0.387 e. The molecule has 1 amide bonds. The third-order valence-corrected chi connectivity index (χ3v) is 3.40. The molecule has 0 atom stereocenters. The number of nitrogens with zero attached hydrogens (tertiary/aromatic N) is 1. The summed E-state index contributed by atoms with van der Waals surface area (Å²) in [6.45, 7) is -1.20. The highest BCUT2D eigenvalue weighted by atomic mass is 19.3. The fourth-order valence-electron chi connectivity index (χ4n) is 2.25. The number of benzene rings is 2. The number of anilines is 1. The molecule has 0 heterocycles. The van der Waals surface area contributed by atoms with Crippen LogP contribution < -0.4 is 14.4 Å². The summed E-state index contributed by atoms with van der Waals surface area (Å²) in [5, 5.41) is 0. The van der Waals surface area contributed by atoms with Crippen molar-refractivity contribution in [3.05, 3.63) is 53.6 Å². The summed E-state index contributed by atoms with van der Waals surface area (Å²) in [4.78, 5) is 13.9. The molecule has 0 aromatic heterocycles. The molecule has 8 heteroatoms. The minimum absolute atomic E-state index is 0.0486. The molecule has 0 aliphatic carbocycles. The lowest BCUT2D eigenvalue weighted by atomic mass is 10.1. The van der Waals surface area contributed by atoms with E-state index in [9.17, 15) is 22.4 Å². The van der Waals surface area contributed by atoms with E-state index < -0.39 is 24.2 Å². The third-order valence-electron chi connectivity index (χ3n) is 3.40. The van der Waals surface area contributed by atoms with E-state index >= 15 is 0 Å². The third kappa shape index (κ3) is 4.20. The maximum atomic E-state index is 13.4. The molecule has 0 radical (unpaired) electrons. The second-order valence-corrected chi connectivity index (χ2v) is 4.89. The van der Waals surface area contributed by atoms with Gasteiger partial charge in [0.15, 0.2) is 23.1 Å². The van der Waals surface area contributed by atoms with Crippen LogP contribution in [0.5, 0.6) is 11.5 Å². The minimum Gasteiger partial charge on any atom is -0.493 e. The van der Waals surface area contributed by atoms with Gasteiger partial charge < -0.3 is 14.4 Å². The molecule has 0 bridgehead atoms. The lowest BCUT2D eigenvalue weighted by molar-refractivity contribution is -0.0512. The van der Waals surface area contributed by atoms with Crippen LogP contribution in [0.25, 0.3) is 0 Å². The summed E-state index contributed by atoms with van der Waals surface area (Å²) < 4.78 is 60.4. The van der Waals surface area contributed by atoms with Crippen LogP contribution in [0.1, 0.15) is 17.3 Å². The number of carbonyl (C=O) groups excluding carboxylic acids is 1. The van der Waals surface area contributed by atoms with Crippen molar-refractivity contribution in [2.75, 3.05) is 18.6 Å². The Morgan fingerprint density at radius 1 is 1.08 bits per heavy atom. The zero-order valence-corrected chi connectivity index (χ0v) is 13.4. The van der Waals surface area contributed by atoms with Gasteiger partial charge >= 0.3 is 6.61 Å². The largest absolute Gasteiger partial charge is 0.493 e. The van der Waals surface area contributed by atoms with Crippen molar-refractivity contribution >= 4 is 11.6 Å². The Labute approximate surface area is 141 Å². The van der Waals surface area contributed by atoms with Gasteiger partial charge in [-0.2, -0.15) is 8.78 Å². The van der Waals surface area contributed by atoms with E-state index in [-0.39, 0.29) is 29.3 Å². The van der Waals surface area contributed by atoms with Crippen LogP contribution in [0, 0.1) is 11.6 Å². The number of hydrogen-bond acceptors (Lipinski definition) is 3. The van der Waals surface area contributed by atoms with Crippen molar-refractivity contribution in [3.8, 4) is 11.5 Å². The zero-order valence-electron chi connectivity index (χ0n) is 13.4. The van der Waals surface area contributed by atoms with Gasteiger partial charge in [0, 0.05) is 23.9 Å². The van der Waals surface area contributed by atoms with E-state index in [2.05, 4.69) is 4.74 Å². The molecule has 0 fully saturated rings. The van der Waals surface area contributed by atoms with Gasteiger partial charge in [0.05, 0.1) is 7.11 Å². The summed E-state index contributed by atoms with van der Waals surface area (Å²) in [5.74, 6) is -2.91. The Balaban J connectivity index is 2.35. The maximum absolute atomic E-state index is 13.4. The Bertz CT molecular complexity index is 768. The van der Waals surface area contributed by atoms with E-state index in [4.69, 9.17) is 4.74 Å². The van der Waals surface area contributed by atoms with Gasteiger partial charge in [-0.25, -0.2) is 8.78 Å². The van der Waals surface area contributed by atoms with Gasteiger partial charge in [-0.15, -0.1) is 0 Å². The Kier molecular flexibility index (Phi) is 5.84. The van der Waals surface area contributed by atoms with Crippen LogP contribution in [0.15, 0.2) is 36.4 Å². The molecule has 0 aliphatic rings. The first-order valence-corrected chi connectivity index (χ1v) is 7.27. The van der Waals surface area contributed by atoms with E-state index in [0.717, 1.165) is 12.1 Å². The van der Waals surface area contributed by atoms with Crippen LogP contribution in [-0.4, -0.2) is 26.2 Å². The average Bonchev–Trinajstić information content (AvgIpc) is 2.58. The number of hydrogen-bond donors (Lipinski definition) is 0. The number of carbonyl (C=O) groups is 1. The molecule has 2 aromatic carbocycles. The van der Waals surface area contributed by atoms with Gasteiger partial charge in [-0.3, -0.25) is 4.79 Å². The molecule has 134 valence electrons. The van der Waals surface area contributed by atoms with Crippen molar-refractivity contribution in [3.63, 3.8) is 0 Å². The van der Waals surface area contributed by atoms with E-state index in [1.807, 2.05) is 0 Å². The number of amides is 1. The fourth-order valence-corrected chi connectivity index (χ4v) is 2.25. The standard InChI is InChI=1S/C17H15F4NO3/c1-3-22(11-5-6-12(18)13(19)9-11)16(23)10-4-7-14(25-17(20)21)15(8-10)24-2/h4-9,17H,3H2,1-2H3. The minimum atomic E-state index is -3.04. The van der Waals surface area contributed by atoms with Gasteiger partial charge in [0.2, 0.25) is 0 Å². The molecular weight excluding hydrogens is 342 g/mol. The van der Waals surface area contributed by atoms with E-state index in [1.54, 1.807) is 6.92 Å². The monoisotopic (exact) mass is 357 g/mol. The fraction of sp³-hybridized carbons (Fsp3) is 0.235. The highest BCUT2D eigenvalue weighted by Gasteiger charge is 2.20. The van der Waals surface area contributed by atoms with Crippen molar-refractivity contribution in [2.24, 2.45) is 0 Å². The molecule has 0 N–H and O–H groups in total. The first-order chi connectivity index (χ1) is 11.9. The Hall–Kier alpha value is -2.77. The van der Waals surface area contributed by atoms with Gasteiger partial charge in [0.1, 0.15) is 0 Å². The first kappa shape index (κ1) is 18.6. The number of rotatable bonds is 6. The van der Waals surface area contributed by atoms with Crippen LogP contribution in [-0.2, 0) is 0 Å². The molecule has 0 saturated heterocycles. The number of methoxy groups -OCH3 is 1. The highest BCUT2D eigenvalue weighted by Crippen LogP contribution is 2.30. The van der Waals surface area contributed by atoms with E-state index in [0.29, 0.717) is 0 Å².